The van der Waals surface area contributed by atoms with Crippen molar-refractivity contribution in [2.45, 2.75) is 115 Å². The first-order valence-corrected chi connectivity index (χ1v) is 26.1. The number of aromatic hydroxyl groups is 1. The van der Waals surface area contributed by atoms with Crippen LogP contribution in [0.25, 0.3) is 21.6 Å². The van der Waals surface area contributed by atoms with Gasteiger partial charge in [0.1, 0.15) is 17.6 Å². The average Bonchev–Trinajstić information content (AvgIpc) is 4.13. The van der Waals surface area contributed by atoms with Gasteiger partial charge in [-0.2, -0.15) is 0 Å². The number of likely N-dealkylation sites (tertiary alicyclic amines) is 2. The summed E-state index contributed by atoms with van der Waals surface area (Å²) >= 11 is 1.56. The van der Waals surface area contributed by atoms with Crippen molar-refractivity contribution in [3.63, 3.8) is 0 Å². The highest BCUT2D eigenvalue weighted by molar-refractivity contribution is 7.13. The van der Waals surface area contributed by atoms with E-state index in [1.165, 1.54) is 18.2 Å². The summed E-state index contributed by atoms with van der Waals surface area (Å²) in [5, 5.41) is 33.5. The van der Waals surface area contributed by atoms with Gasteiger partial charge in [0, 0.05) is 81.6 Å². The molecule has 0 spiro atoms. The number of benzene rings is 3. The Bertz CT molecular complexity index is 2920. The Morgan fingerprint density at radius 2 is 1.53 bits per heavy atom. The number of rotatable bonds is 16. The Balaban J connectivity index is 0.773. The van der Waals surface area contributed by atoms with Crippen LogP contribution in [0, 0.1) is 12.3 Å². The third-order valence-corrected chi connectivity index (χ3v) is 15.3. The smallest absolute Gasteiger partial charge is 0.332 e. The molecule has 1 aliphatic carbocycles. The number of carbonyl (C=O) groups excluding carboxylic acids is 7. The Morgan fingerprint density at radius 3 is 2.16 bits per heavy atom. The number of aryl methyl sites for hydroxylation is 1. The number of hydrogen-bond donors (Lipinski definition) is 6. The highest BCUT2D eigenvalue weighted by Gasteiger charge is 2.47. The van der Waals surface area contributed by atoms with Gasteiger partial charge < -0.3 is 46.0 Å². The molecule has 5 aromatic rings. The molecule has 2 saturated heterocycles. The number of amides is 6. The van der Waals surface area contributed by atoms with Crippen molar-refractivity contribution in [2.24, 2.45) is 5.41 Å². The number of nitrogens with one attached hydrogen (secondary N) is 4. The Labute approximate surface area is 439 Å². The van der Waals surface area contributed by atoms with Gasteiger partial charge in [-0.1, -0.05) is 81.4 Å². The van der Waals surface area contributed by atoms with Gasteiger partial charge >= 0.3 is 5.97 Å². The van der Waals surface area contributed by atoms with E-state index in [0.717, 1.165) is 32.8 Å². The first-order valence-electron chi connectivity index (χ1n) is 25.2. The van der Waals surface area contributed by atoms with Gasteiger partial charge in [-0.3, -0.25) is 28.8 Å². The molecule has 6 N–H and O–H groups in total. The van der Waals surface area contributed by atoms with Crippen LogP contribution in [0.5, 0.6) is 5.75 Å². The Hall–Kier alpha value is -7.51. The first kappa shape index (κ1) is 53.8. The lowest BCUT2D eigenvalue weighted by atomic mass is 9.85. The number of fused-ring (bicyclic) bond motifs is 1. The molecule has 2 fully saturated rings. The maximum Gasteiger partial charge on any atom is 0.332 e. The molecule has 3 aromatic carbocycles. The highest BCUT2D eigenvalue weighted by atomic mass is 32.1. The van der Waals surface area contributed by atoms with Gasteiger partial charge in [-0.15, -0.1) is 11.3 Å². The molecule has 75 heavy (non-hydrogen) atoms. The van der Waals surface area contributed by atoms with Crippen molar-refractivity contribution in [3.8, 4) is 27.3 Å². The lowest BCUT2D eigenvalue weighted by molar-refractivity contribution is -0.148. The van der Waals surface area contributed by atoms with E-state index in [2.05, 4.69) is 31.2 Å². The number of thiazole rings is 1. The van der Waals surface area contributed by atoms with E-state index < -0.39 is 58.7 Å². The molecule has 2 aromatic heterocycles. The van der Waals surface area contributed by atoms with Crippen molar-refractivity contribution in [1.82, 2.24) is 41.0 Å². The van der Waals surface area contributed by atoms with E-state index in [-0.39, 0.29) is 80.9 Å². The zero-order valence-electron chi connectivity index (χ0n) is 42.8. The molecule has 394 valence electrons. The first-order chi connectivity index (χ1) is 35.8. The maximum atomic E-state index is 14.1. The number of piperidine rings is 1. The highest BCUT2D eigenvalue weighted by Crippen LogP contribution is 2.35. The molecule has 0 saturated carbocycles. The monoisotopic (exact) mass is 1040 g/mol. The molecular formula is C56H64N8O10S. The van der Waals surface area contributed by atoms with Crippen LogP contribution in [0.4, 0.5) is 0 Å². The summed E-state index contributed by atoms with van der Waals surface area (Å²) in [6.07, 6.45) is 2.40. The number of aliphatic hydroxyl groups is 1. The number of hydrogen-bond acceptors (Lipinski definition) is 13. The summed E-state index contributed by atoms with van der Waals surface area (Å²) in [6.45, 7) is 8.41. The van der Waals surface area contributed by atoms with Crippen molar-refractivity contribution in [1.29, 1.82) is 0 Å². The summed E-state index contributed by atoms with van der Waals surface area (Å²) in [4.78, 5) is 107. The van der Waals surface area contributed by atoms with Crippen LogP contribution in [0.1, 0.15) is 103 Å². The van der Waals surface area contributed by atoms with Crippen LogP contribution < -0.4 is 21.3 Å². The molecule has 18 nitrogen and oxygen atoms in total. The molecule has 0 bridgehead atoms. The predicted molar refractivity (Wildman–Crippen MR) is 280 cm³/mol. The average molecular weight is 1040 g/mol. The minimum Gasteiger partial charge on any atom is -0.505 e. The minimum absolute atomic E-state index is 0.00456. The van der Waals surface area contributed by atoms with Gasteiger partial charge in [0.05, 0.1) is 29.3 Å². The lowest BCUT2D eigenvalue weighted by Crippen LogP contribution is -2.57. The standard InChI is InChI=1S/C56H64N8O10S/c1-33-48(75-32-59-33)36-15-13-34(14-16-36)30-58-51(70)43-27-41(65)31-64(43)53(72)49(55(2,3)4)61-44(66)11-8-12-45(67)63-25-22-40(23-26-63)60-50(69)37-19-17-35(18-20-37)42-21-24-57-46(47(42)68)52(71)62-56(54(73)74-5)28-38-9-6-7-10-39(38)29-56/h6-7,9-10,13-21,24,32,40-41,43,49,65,68H,8,11-12,22-23,25-31H2,1-5H3,(H,58,70)(H,60,69)(H,61,66)(H,62,71)/t41-,43+,49?/m1/s1. The second kappa shape index (κ2) is 22.9. The number of carbonyl (C=O) groups is 7. The Morgan fingerprint density at radius 1 is 0.867 bits per heavy atom. The van der Waals surface area contributed by atoms with E-state index in [9.17, 15) is 43.8 Å². The number of pyridine rings is 1. The van der Waals surface area contributed by atoms with E-state index in [4.69, 9.17) is 4.74 Å². The number of ether oxygens (including phenoxy) is 1. The maximum absolute atomic E-state index is 14.1. The number of methoxy groups -OCH3 is 1. The fourth-order valence-corrected chi connectivity index (χ4v) is 11.0. The van der Waals surface area contributed by atoms with Crippen LogP contribution in [-0.2, 0) is 48.1 Å². The topological polar surface area (TPSA) is 250 Å². The van der Waals surface area contributed by atoms with Crippen molar-refractivity contribution in [2.75, 3.05) is 26.7 Å². The third kappa shape index (κ3) is 12.4. The second-order valence-electron chi connectivity index (χ2n) is 20.7. The van der Waals surface area contributed by atoms with Gasteiger partial charge in [0.25, 0.3) is 11.8 Å². The molecular weight excluding hydrogens is 977 g/mol. The summed E-state index contributed by atoms with van der Waals surface area (Å²) in [7, 11) is 1.26. The normalized spacial score (nSPS) is 17.6. The van der Waals surface area contributed by atoms with Crippen LogP contribution in [0.3, 0.4) is 0 Å². The molecule has 8 rings (SSSR count). The summed E-state index contributed by atoms with van der Waals surface area (Å²) in [5.74, 6) is -3.43. The minimum atomic E-state index is -1.36. The van der Waals surface area contributed by atoms with Gasteiger partial charge in [-0.25, -0.2) is 14.8 Å². The SMILES string of the molecule is COC(=O)C1(NC(=O)c2nccc(-c3ccc(C(=O)NC4CCN(C(=O)CCCC(=O)NC(C(=O)N5C[C@H](O)C[C@H]5C(=O)NCc5ccc(-c6scnc6C)cc5)C(C)(C)C)CC4)cc3)c2O)Cc2ccccc2C1. The fourth-order valence-electron chi connectivity index (χ4n) is 10.1. The largest absolute Gasteiger partial charge is 0.505 e. The number of nitrogens with zero attached hydrogens (tertiary/aromatic N) is 4. The van der Waals surface area contributed by atoms with Crippen molar-refractivity contribution in [3.05, 3.63) is 124 Å². The number of aliphatic hydroxyl groups excluding tert-OH is 1. The summed E-state index contributed by atoms with van der Waals surface area (Å²) in [6, 6.07) is 21.3. The zero-order chi connectivity index (χ0) is 53.6. The van der Waals surface area contributed by atoms with Crippen molar-refractivity contribution < 1.29 is 48.5 Å². The van der Waals surface area contributed by atoms with E-state index in [0.29, 0.717) is 42.6 Å². The quantitative estimate of drug-likeness (QED) is 0.0713. The number of aromatic nitrogens is 2. The second-order valence-corrected chi connectivity index (χ2v) is 21.6. The van der Waals surface area contributed by atoms with Crippen LogP contribution in [0.2, 0.25) is 0 Å². The van der Waals surface area contributed by atoms with Gasteiger partial charge in [0.15, 0.2) is 11.4 Å². The van der Waals surface area contributed by atoms with Crippen molar-refractivity contribution >= 4 is 52.7 Å². The third-order valence-electron chi connectivity index (χ3n) is 14.3. The van der Waals surface area contributed by atoms with Crippen LogP contribution in [-0.4, -0.2) is 128 Å². The molecule has 19 heteroatoms. The number of esters is 1. The molecule has 2 aliphatic heterocycles. The molecule has 0 radical (unpaired) electrons. The van der Waals surface area contributed by atoms with Crippen LogP contribution >= 0.6 is 11.3 Å². The van der Waals surface area contributed by atoms with E-state index in [1.54, 1.807) is 52.1 Å². The predicted octanol–water partition coefficient (Wildman–Crippen LogP) is 5.03. The van der Waals surface area contributed by atoms with Crippen LogP contribution in [0.15, 0.2) is 90.6 Å². The molecule has 3 aliphatic rings. The fraction of sp³-hybridized carbons (Fsp3) is 0.411. The lowest BCUT2D eigenvalue weighted by Gasteiger charge is -2.35. The number of β-amino-alcohol motifs (C(OH)–C–C–N with tert-alkyl or cyclic N) is 1. The van der Waals surface area contributed by atoms with E-state index in [1.807, 2.05) is 76.2 Å². The summed E-state index contributed by atoms with van der Waals surface area (Å²) in [5.41, 5.74) is 5.31. The molecule has 4 heterocycles. The zero-order valence-corrected chi connectivity index (χ0v) is 43.6. The molecule has 1 unspecified atom stereocenters. The Kier molecular flexibility index (Phi) is 16.4. The van der Waals surface area contributed by atoms with Gasteiger partial charge in [0.2, 0.25) is 23.6 Å². The molecule has 6 amide bonds. The molecule has 3 atom stereocenters. The van der Waals surface area contributed by atoms with Gasteiger partial charge in [-0.05, 0) is 77.6 Å². The van der Waals surface area contributed by atoms with E-state index >= 15 is 0 Å². The summed E-state index contributed by atoms with van der Waals surface area (Å²) < 4.78 is 5.08.